The summed E-state index contributed by atoms with van der Waals surface area (Å²) in [6.45, 7) is 6.00. The normalized spacial score (nSPS) is 12.0. The molecule has 0 unspecified atom stereocenters. The van der Waals surface area contributed by atoms with E-state index in [4.69, 9.17) is 5.11 Å². The Bertz CT molecular complexity index is 446. The number of carboxylic acids is 1. The number of nitrogens with one attached hydrogen (secondary N) is 1. The maximum Gasteiger partial charge on any atom is 0.326 e. The third-order valence-corrected chi connectivity index (χ3v) is 3.08. The minimum atomic E-state index is -1.01. The first kappa shape index (κ1) is 16.0. The average molecular weight is 278 g/mol. The van der Waals surface area contributed by atoms with E-state index in [1.807, 2.05) is 44.2 Å². The Hall–Kier alpha value is -2.04. The fraction of sp³-hybridized carbons (Fsp3) is 0.467. The second-order valence-electron chi connectivity index (χ2n) is 4.96. The molecule has 0 saturated carbocycles. The summed E-state index contributed by atoms with van der Waals surface area (Å²) >= 11 is 0. The summed E-state index contributed by atoms with van der Waals surface area (Å²) in [4.78, 5) is 24.8. The molecule has 1 aromatic carbocycles. The molecule has 5 nitrogen and oxygen atoms in total. The zero-order chi connectivity index (χ0) is 15.1. The topological polar surface area (TPSA) is 69.6 Å². The lowest BCUT2D eigenvalue weighted by Gasteiger charge is -2.28. The molecule has 0 heterocycles. The maximum absolute atomic E-state index is 12.2. The van der Waals surface area contributed by atoms with E-state index >= 15 is 0 Å². The molecule has 1 aromatic rings. The first-order valence-corrected chi connectivity index (χ1v) is 6.79. The molecule has 0 bridgehead atoms. The summed E-state index contributed by atoms with van der Waals surface area (Å²) in [6.07, 6.45) is 0.359. The minimum absolute atomic E-state index is 0.0125. The molecule has 0 radical (unpaired) electrons. The molecule has 0 aliphatic heterocycles. The van der Waals surface area contributed by atoms with Gasteiger partial charge in [0.1, 0.15) is 6.04 Å². The van der Waals surface area contributed by atoms with E-state index in [9.17, 15) is 9.59 Å². The van der Waals surface area contributed by atoms with Crippen molar-refractivity contribution < 1.29 is 14.7 Å². The van der Waals surface area contributed by atoms with Gasteiger partial charge in [-0.1, -0.05) is 37.3 Å². The van der Waals surface area contributed by atoms with Crippen molar-refractivity contribution in [3.63, 3.8) is 0 Å². The van der Waals surface area contributed by atoms with Crippen LogP contribution in [-0.4, -0.2) is 34.1 Å². The number of rotatable bonds is 6. The van der Waals surface area contributed by atoms with Gasteiger partial charge in [-0.15, -0.1) is 0 Å². The van der Waals surface area contributed by atoms with Crippen molar-refractivity contribution >= 4 is 12.0 Å². The van der Waals surface area contributed by atoms with Crippen molar-refractivity contribution in [1.29, 1.82) is 0 Å². The first-order chi connectivity index (χ1) is 9.45. The molecule has 0 aliphatic carbocycles. The van der Waals surface area contributed by atoms with Crippen LogP contribution in [0, 0.1) is 0 Å². The Morgan fingerprint density at radius 2 is 1.85 bits per heavy atom. The van der Waals surface area contributed by atoms with E-state index in [1.54, 1.807) is 11.8 Å². The lowest BCUT2D eigenvalue weighted by molar-refractivity contribution is -0.139. The van der Waals surface area contributed by atoms with Gasteiger partial charge >= 0.3 is 12.0 Å². The van der Waals surface area contributed by atoms with Gasteiger partial charge in [-0.3, -0.25) is 0 Å². The van der Waals surface area contributed by atoms with Crippen LogP contribution in [0.4, 0.5) is 4.79 Å². The van der Waals surface area contributed by atoms with Gasteiger partial charge in [0, 0.05) is 12.6 Å². The van der Waals surface area contributed by atoms with Crippen LogP contribution in [0.2, 0.25) is 0 Å². The molecule has 0 spiro atoms. The zero-order valence-corrected chi connectivity index (χ0v) is 12.2. The van der Waals surface area contributed by atoms with Crippen LogP contribution in [0.15, 0.2) is 30.3 Å². The van der Waals surface area contributed by atoms with Gasteiger partial charge in [0.05, 0.1) is 0 Å². The van der Waals surface area contributed by atoms with Crippen molar-refractivity contribution in [3.8, 4) is 0 Å². The van der Waals surface area contributed by atoms with Crippen LogP contribution >= 0.6 is 0 Å². The van der Waals surface area contributed by atoms with Crippen molar-refractivity contribution in [2.45, 2.75) is 45.8 Å². The number of carbonyl (C=O) groups is 2. The Labute approximate surface area is 119 Å². The van der Waals surface area contributed by atoms with Crippen LogP contribution in [0.3, 0.4) is 0 Å². The summed E-state index contributed by atoms with van der Waals surface area (Å²) in [5, 5.41) is 11.6. The number of carbonyl (C=O) groups excluding carboxylic acids is 1. The lowest BCUT2D eigenvalue weighted by atomic mass is 10.2. The molecule has 0 aliphatic rings. The second-order valence-corrected chi connectivity index (χ2v) is 4.96. The minimum Gasteiger partial charge on any atom is -0.480 e. The number of urea groups is 1. The summed E-state index contributed by atoms with van der Waals surface area (Å²) in [7, 11) is 0. The van der Waals surface area contributed by atoms with Crippen LogP contribution in [0.1, 0.15) is 32.8 Å². The fourth-order valence-corrected chi connectivity index (χ4v) is 1.84. The number of amides is 2. The van der Waals surface area contributed by atoms with Crippen LogP contribution in [0.25, 0.3) is 0 Å². The smallest absolute Gasteiger partial charge is 0.326 e. The highest BCUT2D eigenvalue weighted by Crippen LogP contribution is 2.09. The van der Waals surface area contributed by atoms with Gasteiger partial charge < -0.3 is 15.3 Å². The highest BCUT2D eigenvalue weighted by atomic mass is 16.4. The molecule has 110 valence electrons. The Morgan fingerprint density at radius 3 is 2.30 bits per heavy atom. The number of nitrogens with zero attached hydrogens (tertiary/aromatic N) is 1. The largest absolute Gasteiger partial charge is 0.480 e. The summed E-state index contributed by atoms with van der Waals surface area (Å²) in [5.74, 6) is -1.01. The Morgan fingerprint density at radius 1 is 1.25 bits per heavy atom. The van der Waals surface area contributed by atoms with Crippen molar-refractivity contribution in [1.82, 2.24) is 10.2 Å². The summed E-state index contributed by atoms with van der Waals surface area (Å²) in [5.41, 5.74) is 1.01. The van der Waals surface area contributed by atoms with Gasteiger partial charge in [-0.2, -0.15) is 0 Å². The number of benzene rings is 1. The molecule has 5 heteroatoms. The summed E-state index contributed by atoms with van der Waals surface area (Å²) < 4.78 is 0. The maximum atomic E-state index is 12.2. The molecule has 0 fully saturated rings. The van der Waals surface area contributed by atoms with Crippen LogP contribution in [0.5, 0.6) is 0 Å². The molecule has 2 N–H and O–H groups in total. The van der Waals surface area contributed by atoms with E-state index in [2.05, 4.69) is 5.32 Å². The number of carboxylic acid groups (broad SMARTS) is 1. The van der Waals surface area contributed by atoms with Crippen LogP contribution in [-0.2, 0) is 11.3 Å². The Kier molecular flexibility index (Phi) is 6.03. The van der Waals surface area contributed by atoms with Gasteiger partial charge in [0.25, 0.3) is 0 Å². The van der Waals surface area contributed by atoms with Gasteiger partial charge in [0.2, 0.25) is 0 Å². The molecule has 0 saturated heterocycles. The van der Waals surface area contributed by atoms with Crippen molar-refractivity contribution in [3.05, 3.63) is 35.9 Å². The quantitative estimate of drug-likeness (QED) is 0.839. The summed E-state index contributed by atoms with van der Waals surface area (Å²) in [6, 6.07) is 8.42. The molecule has 1 atom stereocenters. The second kappa shape index (κ2) is 7.53. The third-order valence-electron chi connectivity index (χ3n) is 3.08. The van der Waals surface area contributed by atoms with Crippen molar-refractivity contribution in [2.75, 3.05) is 0 Å². The van der Waals surface area contributed by atoms with Gasteiger partial charge in [-0.05, 0) is 25.8 Å². The van der Waals surface area contributed by atoms with E-state index in [-0.39, 0.29) is 12.1 Å². The highest BCUT2D eigenvalue weighted by molar-refractivity contribution is 5.82. The molecule has 2 amide bonds. The van der Waals surface area contributed by atoms with Gasteiger partial charge in [-0.25, -0.2) is 9.59 Å². The monoisotopic (exact) mass is 278 g/mol. The predicted molar refractivity (Wildman–Crippen MR) is 77.4 cm³/mol. The fourth-order valence-electron chi connectivity index (χ4n) is 1.84. The van der Waals surface area contributed by atoms with E-state index < -0.39 is 12.0 Å². The third kappa shape index (κ3) is 4.57. The molecular weight excluding hydrogens is 256 g/mol. The SMILES string of the molecule is CC[C@H](NC(=O)N(Cc1ccccc1)C(C)C)C(=O)O. The Balaban J connectivity index is 2.75. The predicted octanol–water partition coefficient (Wildman–Crippen LogP) is 2.47. The number of hydrogen-bond donors (Lipinski definition) is 2. The lowest BCUT2D eigenvalue weighted by Crippen LogP contribution is -2.49. The van der Waals surface area contributed by atoms with Gasteiger partial charge in [0.15, 0.2) is 0 Å². The standard InChI is InChI=1S/C15H22N2O3/c1-4-13(14(18)19)16-15(20)17(11(2)3)10-12-8-6-5-7-9-12/h5-9,11,13H,4,10H2,1-3H3,(H,16,20)(H,18,19)/t13-/m0/s1. The number of aliphatic carboxylic acids is 1. The molecule has 1 rings (SSSR count). The van der Waals surface area contributed by atoms with E-state index in [0.29, 0.717) is 13.0 Å². The van der Waals surface area contributed by atoms with E-state index in [1.165, 1.54) is 0 Å². The average Bonchev–Trinajstić information content (AvgIpc) is 2.42. The van der Waals surface area contributed by atoms with Crippen molar-refractivity contribution in [2.24, 2.45) is 0 Å². The van der Waals surface area contributed by atoms with E-state index in [0.717, 1.165) is 5.56 Å². The highest BCUT2D eigenvalue weighted by Gasteiger charge is 2.23. The molecule has 0 aromatic heterocycles. The molecule has 20 heavy (non-hydrogen) atoms. The zero-order valence-electron chi connectivity index (χ0n) is 12.2. The molecular formula is C15H22N2O3. The first-order valence-electron chi connectivity index (χ1n) is 6.79. The van der Waals surface area contributed by atoms with Crippen LogP contribution < -0.4 is 5.32 Å². The number of hydrogen-bond acceptors (Lipinski definition) is 2.